The Kier molecular flexibility index (Phi) is 22.3. The predicted molar refractivity (Wildman–Crippen MR) is 157 cm³/mol. The van der Waals surface area contributed by atoms with Gasteiger partial charge in [-0.2, -0.15) is 0 Å². The highest BCUT2D eigenvalue weighted by Gasteiger charge is 2.22. The summed E-state index contributed by atoms with van der Waals surface area (Å²) < 4.78 is 34.6. The van der Waals surface area contributed by atoms with Crippen LogP contribution in [0.5, 0.6) is 0 Å². The van der Waals surface area contributed by atoms with Gasteiger partial charge < -0.3 is 27.9 Å². The Hall–Kier alpha value is -0.270. The van der Waals surface area contributed by atoms with Crippen LogP contribution < -0.4 is 4.89 Å². The highest BCUT2D eigenvalue weighted by atomic mass is 31.2. The lowest BCUT2D eigenvalue weighted by atomic mass is 10.1. The van der Waals surface area contributed by atoms with Gasteiger partial charge in [0, 0.05) is 6.61 Å². The van der Waals surface area contributed by atoms with E-state index < -0.39 is 19.5 Å². The van der Waals surface area contributed by atoms with Crippen LogP contribution in [-0.2, 0) is 23.1 Å². The molecule has 0 N–H and O–H groups in total. The van der Waals surface area contributed by atoms with Crippen LogP contribution in [0, 0.1) is 0 Å². The fraction of sp³-hybridized carbons (Fsp3) is 0.933. The zero-order valence-electron chi connectivity index (χ0n) is 26.0. The minimum Gasteiger partial charge on any atom is -0.756 e. The van der Waals surface area contributed by atoms with E-state index in [0.717, 1.165) is 12.8 Å². The number of nitrogens with zero attached hydrogens (tertiary/aromatic N) is 1. The van der Waals surface area contributed by atoms with E-state index in [0.29, 0.717) is 24.2 Å². The highest BCUT2D eigenvalue weighted by molar-refractivity contribution is 7.45. The number of ether oxygens (including phenoxy) is 2. The smallest absolute Gasteiger partial charge is 0.268 e. The van der Waals surface area contributed by atoms with Crippen molar-refractivity contribution in [2.24, 2.45) is 0 Å². The van der Waals surface area contributed by atoms with E-state index in [-0.39, 0.29) is 13.2 Å². The molecule has 2 atom stereocenters. The summed E-state index contributed by atoms with van der Waals surface area (Å²) in [5.41, 5.74) is -0.432. The van der Waals surface area contributed by atoms with E-state index in [4.69, 9.17) is 18.5 Å². The van der Waals surface area contributed by atoms with Crippen molar-refractivity contribution in [1.82, 2.24) is 0 Å². The van der Waals surface area contributed by atoms with Gasteiger partial charge in [-0.15, -0.1) is 0 Å². The standard InChI is InChI=1S/C30H62NO6P/c1-8-9-10-11-12-13-14-15-16-17-18-19-20-21-22-23-25-34-27-29(37-30(2,3)4)28-36-38(32,33)35-26-24-31(5,6)7/h14-15,29H,8-13,16-28H2,1-7H3/b15-14-/t29-/m1/s1. The third-order valence-corrected chi connectivity index (χ3v) is 7.02. The Balaban J connectivity index is 3.87. The van der Waals surface area contributed by atoms with Crippen molar-refractivity contribution in [2.75, 3.05) is 54.1 Å². The Bertz CT molecular complexity index is 615. The van der Waals surface area contributed by atoms with Gasteiger partial charge in [0.05, 0.1) is 40.0 Å². The maximum atomic E-state index is 12.1. The summed E-state index contributed by atoms with van der Waals surface area (Å²) in [5.74, 6) is 0. The molecule has 7 nitrogen and oxygen atoms in total. The van der Waals surface area contributed by atoms with Crippen molar-refractivity contribution < 1.29 is 32.5 Å². The van der Waals surface area contributed by atoms with Crippen LogP contribution in [0.4, 0.5) is 0 Å². The van der Waals surface area contributed by atoms with Crippen molar-refractivity contribution in [2.45, 2.75) is 129 Å². The Labute approximate surface area is 235 Å². The predicted octanol–water partition coefficient (Wildman–Crippen LogP) is 7.43. The quantitative estimate of drug-likeness (QED) is 0.0471. The normalized spacial score (nSPS) is 15.3. The molecule has 8 heteroatoms. The first-order chi connectivity index (χ1) is 17.8. The Morgan fingerprint density at radius 2 is 1.29 bits per heavy atom. The number of phosphoric ester groups is 1. The van der Waals surface area contributed by atoms with Gasteiger partial charge in [0.1, 0.15) is 19.3 Å². The number of hydrogen-bond acceptors (Lipinski definition) is 6. The van der Waals surface area contributed by atoms with E-state index >= 15 is 0 Å². The molecule has 0 aromatic carbocycles. The molecule has 0 radical (unpaired) electrons. The lowest BCUT2D eigenvalue weighted by Crippen LogP contribution is -2.38. The number of hydrogen-bond donors (Lipinski definition) is 0. The van der Waals surface area contributed by atoms with Crippen LogP contribution in [0.1, 0.15) is 118 Å². The van der Waals surface area contributed by atoms with Crippen molar-refractivity contribution in [1.29, 1.82) is 0 Å². The number of phosphoric acid groups is 1. The van der Waals surface area contributed by atoms with Gasteiger partial charge in [0.15, 0.2) is 0 Å². The summed E-state index contributed by atoms with van der Waals surface area (Å²) >= 11 is 0. The summed E-state index contributed by atoms with van der Waals surface area (Å²) in [4.78, 5) is 12.1. The van der Waals surface area contributed by atoms with E-state index in [1.165, 1.54) is 77.0 Å². The summed E-state index contributed by atoms with van der Waals surface area (Å²) in [6.45, 7) is 9.53. The average Bonchev–Trinajstić information content (AvgIpc) is 2.80. The summed E-state index contributed by atoms with van der Waals surface area (Å²) in [6.07, 6.45) is 22.1. The SMILES string of the molecule is CCCCCCC/C=C\CCCCCCCCCOC[C@H](COP(=O)([O-])OCC[N+](C)(C)C)OC(C)(C)C. The molecule has 0 spiro atoms. The number of likely N-dealkylation sites (N-methyl/N-ethyl adjacent to an activating group) is 1. The Morgan fingerprint density at radius 3 is 1.82 bits per heavy atom. The largest absolute Gasteiger partial charge is 0.756 e. The second-order valence-corrected chi connectivity index (χ2v) is 13.9. The van der Waals surface area contributed by atoms with Gasteiger partial charge >= 0.3 is 0 Å². The van der Waals surface area contributed by atoms with Crippen molar-refractivity contribution in [3.8, 4) is 0 Å². The number of quaternary nitrogens is 1. The van der Waals surface area contributed by atoms with Gasteiger partial charge in [0.2, 0.25) is 0 Å². The molecular formula is C30H62NO6P. The van der Waals surface area contributed by atoms with Crippen molar-refractivity contribution >= 4 is 7.82 Å². The Morgan fingerprint density at radius 1 is 0.763 bits per heavy atom. The molecule has 0 aromatic rings. The zero-order chi connectivity index (χ0) is 28.8. The molecule has 0 fully saturated rings. The first kappa shape index (κ1) is 37.7. The summed E-state index contributed by atoms with van der Waals surface area (Å²) in [5, 5.41) is 0. The number of allylic oxidation sites excluding steroid dienone is 2. The monoisotopic (exact) mass is 563 g/mol. The highest BCUT2D eigenvalue weighted by Crippen LogP contribution is 2.38. The lowest BCUT2D eigenvalue weighted by Gasteiger charge is -2.31. The lowest BCUT2D eigenvalue weighted by molar-refractivity contribution is -0.870. The fourth-order valence-corrected chi connectivity index (χ4v) is 4.65. The molecule has 0 rings (SSSR count). The average molecular weight is 564 g/mol. The molecule has 228 valence electrons. The van der Waals surface area contributed by atoms with Gasteiger partial charge in [-0.05, 0) is 52.9 Å². The van der Waals surface area contributed by atoms with Crippen molar-refractivity contribution in [3.05, 3.63) is 12.2 Å². The molecule has 38 heavy (non-hydrogen) atoms. The van der Waals surface area contributed by atoms with Crippen LogP contribution in [0.25, 0.3) is 0 Å². The molecule has 0 aliphatic carbocycles. The van der Waals surface area contributed by atoms with Gasteiger partial charge in [-0.25, -0.2) is 0 Å². The summed E-state index contributed by atoms with van der Waals surface area (Å²) in [6, 6.07) is 0. The molecule has 0 heterocycles. The molecule has 0 saturated heterocycles. The first-order valence-electron chi connectivity index (χ1n) is 15.2. The fourth-order valence-electron chi connectivity index (χ4n) is 3.92. The van der Waals surface area contributed by atoms with E-state index in [2.05, 4.69) is 19.1 Å². The van der Waals surface area contributed by atoms with E-state index in [1.807, 2.05) is 41.9 Å². The minimum atomic E-state index is -4.38. The number of rotatable bonds is 26. The first-order valence-corrected chi connectivity index (χ1v) is 16.6. The molecular weight excluding hydrogens is 501 g/mol. The third-order valence-electron chi connectivity index (χ3n) is 6.05. The molecule has 0 aliphatic rings. The van der Waals surface area contributed by atoms with Crippen LogP contribution in [-0.4, -0.2) is 70.3 Å². The molecule has 0 aliphatic heterocycles. The maximum absolute atomic E-state index is 12.1. The topological polar surface area (TPSA) is 77.1 Å². The van der Waals surface area contributed by atoms with Crippen molar-refractivity contribution in [3.63, 3.8) is 0 Å². The number of unbranched alkanes of at least 4 members (excludes halogenated alkanes) is 12. The molecule has 0 aromatic heterocycles. The molecule has 1 unspecified atom stereocenters. The van der Waals surface area contributed by atoms with Gasteiger partial charge in [-0.3, -0.25) is 4.57 Å². The zero-order valence-corrected chi connectivity index (χ0v) is 26.9. The van der Waals surface area contributed by atoms with E-state index in [9.17, 15) is 9.46 Å². The minimum absolute atomic E-state index is 0.0852. The second kappa shape index (κ2) is 22.4. The van der Waals surface area contributed by atoms with Crippen LogP contribution in [0.3, 0.4) is 0 Å². The second-order valence-electron chi connectivity index (χ2n) is 12.5. The van der Waals surface area contributed by atoms with Crippen LogP contribution >= 0.6 is 7.82 Å². The molecule has 0 saturated carbocycles. The van der Waals surface area contributed by atoms with E-state index in [1.54, 1.807) is 0 Å². The third kappa shape index (κ3) is 28.7. The van der Waals surface area contributed by atoms with Crippen LogP contribution in [0.2, 0.25) is 0 Å². The van der Waals surface area contributed by atoms with Crippen LogP contribution in [0.15, 0.2) is 12.2 Å². The van der Waals surface area contributed by atoms with Gasteiger partial charge in [-0.1, -0.05) is 76.9 Å². The maximum Gasteiger partial charge on any atom is 0.268 e. The molecule has 0 bridgehead atoms. The molecule has 0 amide bonds. The van der Waals surface area contributed by atoms with Gasteiger partial charge in [0.25, 0.3) is 7.82 Å². The summed E-state index contributed by atoms with van der Waals surface area (Å²) in [7, 11) is 1.55.